The van der Waals surface area contributed by atoms with Crippen LogP contribution in [-0.4, -0.2) is 14.5 Å². The molecule has 0 aliphatic carbocycles. The summed E-state index contributed by atoms with van der Waals surface area (Å²) in [6.07, 6.45) is 2.86. The van der Waals surface area contributed by atoms with Gasteiger partial charge in [-0.2, -0.15) is 5.26 Å². The number of hydrogen-bond donors (Lipinski definition) is 0. The number of imidazole rings is 1. The average molecular weight is 249 g/mol. The topological polar surface area (TPSA) is 84.8 Å². The van der Waals surface area contributed by atoms with Crippen LogP contribution >= 0.6 is 11.6 Å². The number of hydrogen-bond acceptors (Lipinski definition) is 4. The molecule has 0 N–H and O–H groups in total. The second-order valence-corrected chi connectivity index (χ2v) is 3.56. The van der Waals surface area contributed by atoms with E-state index in [1.807, 2.05) is 6.07 Å². The summed E-state index contributed by atoms with van der Waals surface area (Å²) in [5, 5.41) is 20.1. The number of nitro groups is 1. The van der Waals surface area contributed by atoms with Crippen LogP contribution in [0.25, 0.3) is 5.69 Å². The molecule has 0 atom stereocenters. The number of rotatable bonds is 2. The van der Waals surface area contributed by atoms with Crippen molar-refractivity contribution in [1.82, 2.24) is 9.55 Å². The molecule has 1 aromatic heterocycles. The van der Waals surface area contributed by atoms with E-state index in [2.05, 4.69) is 4.98 Å². The molecule has 0 aliphatic heterocycles. The average Bonchev–Trinajstić information content (AvgIpc) is 2.76. The van der Waals surface area contributed by atoms with Gasteiger partial charge in [-0.1, -0.05) is 11.6 Å². The van der Waals surface area contributed by atoms with E-state index in [9.17, 15) is 10.1 Å². The van der Waals surface area contributed by atoms with Crippen LogP contribution in [0, 0.1) is 21.4 Å². The van der Waals surface area contributed by atoms with E-state index in [0.717, 1.165) is 0 Å². The van der Waals surface area contributed by atoms with Crippen molar-refractivity contribution >= 4 is 17.3 Å². The van der Waals surface area contributed by atoms with Gasteiger partial charge in [-0.15, -0.1) is 0 Å². The fourth-order valence-electron chi connectivity index (χ4n) is 1.42. The molecule has 1 heterocycles. The predicted octanol–water partition coefficient (Wildman–Crippen LogP) is 2.31. The highest BCUT2D eigenvalue weighted by Crippen LogP contribution is 2.26. The number of aromatic nitrogens is 2. The van der Waals surface area contributed by atoms with Crippen LogP contribution in [0.3, 0.4) is 0 Å². The second kappa shape index (κ2) is 4.23. The molecule has 7 heteroatoms. The fraction of sp³-hybridized carbons (Fsp3) is 0. The van der Waals surface area contributed by atoms with Gasteiger partial charge in [-0.25, -0.2) is 4.98 Å². The molecule has 0 radical (unpaired) electrons. The van der Waals surface area contributed by atoms with Crippen molar-refractivity contribution in [3.63, 3.8) is 0 Å². The first-order valence-corrected chi connectivity index (χ1v) is 4.89. The smallest absolute Gasteiger partial charge is 0.285 e. The molecule has 84 valence electrons. The van der Waals surface area contributed by atoms with Crippen molar-refractivity contribution < 1.29 is 4.92 Å². The first-order chi connectivity index (χ1) is 8.13. The van der Waals surface area contributed by atoms with Crippen molar-refractivity contribution in [2.45, 2.75) is 0 Å². The third-order valence-corrected chi connectivity index (χ3v) is 2.37. The highest BCUT2D eigenvalue weighted by Gasteiger charge is 2.17. The van der Waals surface area contributed by atoms with Gasteiger partial charge in [0.1, 0.15) is 11.8 Å². The van der Waals surface area contributed by atoms with Gasteiger partial charge in [-0.3, -0.25) is 14.7 Å². The molecule has 2 aromatic rings. The highest BCUT2D eigenvalue weighted by atomic mass is 35.5. The lowest BCUT2D eigenvalue weighted by atomic mass is 10.2. The Morgan fingerprint density at radius 3 is 2.94 bits per heavy atom. The minimum absolute atomic E-state index is 0.0652. The summed E-state index contributed by atoms with van der Waals surface area (Å²) in [6, 6.07) is 5.98. The molecule has 0 unspecified atom stereocenters. The molecule has 0 amide bonds. The van der Waals surface area contributed by atoms with Gasteiger partial charge in [0.25, 0.3) is 5.69 Å². The van der Waals surface area contributed by atoms with Crippen molar-refractivity contribution in [2.24, 2.45) is 0 Å². The second-order valence-electron chi connectivity index (χ2n) is 3.12. The van der Waals surface area contributed by atoms with E-state index in [4.69, 9.17) is 16.9 Å². The maximum Gasteiger partial charge on any atom is 0.293 e. The molecule has 2 rings (SSSR count). The summed E-state index contributed by atoms with van der Waals surface area (Å²) in [5.74, 6) is 0.0652. The summed E-state index contributed by atoms with van der Waals surface area (Å²) >= 11 is 5.79. The molecule has 17 heavy (non-hydrogen) atoms. The molecule has 6 nitrogen and oxygen atoms in total. The van der Waals surface area contributed by atoms with Crippen LogP contribution in [0.15, 0.2) is 30.6 Å². The summed E-state index contributed by atoms with van der Waals surface area (Å²) in [5.41, 5.74) is 0.0838. The molecular weight excluding hydrogens is 244 g/mol. The third-order valence-electron chi connectivity index (χ3n) is 2.13. The maximum absolute atomic E-state index is 10.9. The molecule has 0 saturated heterocycles. The van der Waals surface area contributed by atoms with Gasteiger partial charge in [0.15, 0.2) is 0 Å². The Hall–Kier alpha value is -2.39. The maximum atomic E-state index is 10.9. The van der Waals surface area contributed by atoms with Gasteiger partial charge in [-0.05, 0) is 12.1 Å². The predicted molar refractivity (Wildman–Crippen MR) is 59.9 cm³/mol. The Balaban J connectivity index is 2.70. The van der Waals surface area contributed by atoms with Gasteiger partial charge in [0, 0.05) is 23.5 Å². The van der Waals surface area contributed by atoms with Crippen LogP contribution in [0.5, 0.6) is 0 Å². The number of nitro benzene ring substituents is 1. The summed E-state index contributed by atoms with van der Waals surface area (Å²) in [7, 11) is 0. The molecule has 0 saturated carbocycles. The summed E-state index contributed by atoms with van der Waals surface area (Å²) < 4.78 is 1.32. The third kappa shape index (κ3) is 1.96. The highest BCUT2D eigenvalue weighted by molar-refractivity contribution is 6.30. The summed E-state index contributed by atoms with van der Waals surface area (Å²) in [4.78, 5) is 14.1. The molecule has 0 aliphatic rings. The zero-order valence-corrected chi connectivity index (χ0v) is 9.13. The zero-order chi connectivity index (χ0) is 12.4. The lowest BCUT2D eigenvalue weighted by Crippen LogP contribution is -2.01. The standard InChI is InChI=1S/C10H5ClN4O2/c11-7-1-2-8(15(16)17)9(5-7)14-4-3-13-10(14)6-12/h1-5H. The Labute approximate surface area is 101 Å². The van der Waals surface area contributed by atoms with Gasteiger partial charge in [0.05, 0.1) is 4.92 Å². The first-order valence-electron chi connectivity index (χ1n) is 4.51. The zero-order valence-electron chi connectivity index (χ0n) is 8.37. The van der Waals surface area contributed by atoms with Crippen molar-refractivity contribution in [1.29, 1.82) is 5.26 Å². The Bertz CT molecular complexity index is 629. The van der Waals surface area contributed by atoms with Gasteiger partial charge >= 0.3 is 0 Å². The van der Waals surface area contributed by atoms with Crippen molar-refractivity contribution in [2.75, 3.05) is 0 Å². The first kappa shape index (κ1) is 11.1. The molecule has 0 spiro atoms. The molecule has 0 bridgehead atoms. The van der Waals surface area contributed by atoms with E-state index in [1.54, 1.807) is 0 Å². The monoisotopic (exact) mass is 248 g/mol. The van der Waals surface area contributed by atoms with Gasteiger partial charge in [0.2, 0.25) is 5.82 Å². The number of halogens is 1. The Morgan fingerprint density at radius 1 is 1.53 bits per heavy atom. The lowest BCUT2D eigenvalue weighted by Gasteiger charge is -2.04. The fourth-order valence-corrected chi connectivity index (χ4v) is 1.59. The van der Waals surface area contributed by atoms with E-state index in [0.29, 0.717) is 5.02 Å². The Morgan fingerprint density at radius 2 is 2.29 bits per heavy atom. The quantitative estimate of drug-likeness (QED) is 0.603. The number of benzene rings is 1. The van der Waals surface area contributed by atoms with E-state index in [-0.39, 0.29) is 17.2 Å². The van der Waals surface area contributed by atoms with Crippen molar-refractivity contribution in [3.8, 4) is 11.8 Å². The normalized spacial score (nSPS) is 9.88. The lowest BCUT2D eigenvalue weighted by molar-refractivity contribution is -0.384. The minimum Gasteiger partial charge on any atom is -0.285 e. The van der Waals surface area contributed by atoms with Gasteiger partial charge < -0.3 is 0 Å². The molecule has 0 fully saturated rings. The van der Waals surface area contributed by atoms with Crippen LogP contribution in [0.4, 0.5) is 5.69 Å². The van der Waals surface area contributed by atoms with E-state index in [1.165, 1.54) is 35.2 Å². The van der Waals surface area contributed by atoms with Crippen molar-refractivity contribution in [3.05, 3.63) is 51.6 Å². The SMILES string of the molecule is N#Cc1nccn1-c1cc(Cl)ccc1[N+](=O)[O-]. The van der Waals surface area contributed by atoms with Crippen LogP contribution in [-0.2, 0) is 0 Å². The van der Waals surface area contributed by atoms with E-state index < -0.39 is 4.92 Å². The summed E-state index contributed by atoms with van der Waals surface area (Å²) in [6.45, 7) is 0. The molecular formula is C10H5ClN4O2. The Kier molecular flexibility index (Phi) is 2.77. The van der Waals surface area contributed by atoms with Crippen LogP contribution in [0.2, 0.25) is 5.02 Å². The number of nitriles is 1. The molecule has 1 aromatic carbocycles. The van der Waals surface area contributed by atoms with E-state index >= 15 is 0 Å². The number of nitrogens with zero attached hydrogens (tertiary/aromatic N) is 4. The van der Waals surface area contributed by atoms with Crippen LogP contribution < -0.4 is 0 Å². The minimum atomic E-state index is -0.535. The largest absolute Gasteiger partial charge is 0.293 e. The van der Waals surface area contributed by atoms with Crippen LogP contribution in [0.1, 0.15) is 5.82 Å².